The second-order valence-electron chi connectivity index (χ2n) is 13.3. The fourth-order valence-electron chi connectivity index (χ4n) is 6.40. The number of fused-ring (bicyclic) bond motifs is 1. The molecule has 0 aromatic heterocycles. The molecular weight excluding hydrogens is 611 g/mol. The van der Waals surface area contributed by atoms with Gasteiger partial charge in [-0.1, -0.05) is 123 Å². The summed E-state index contributed by atoms with van der Waals surface area (Å²) in [6.07, 6.45) is -5.30. The summed E-state index contributed by atoms with van der Waals surface area (Å²) in [4.78, 5) is 28.0. The van der Waals surface area contributed by atoms with Crippen molar-refractivity contribution in [3.8, 4) is 0 Å². The molecule has 0 unspecified atom stereocenters. The Bertz CT molecular complexity index is 1550. The molecule has 244 valence electrons. The normalized spacial score (nSPS) is 23.2. The molecule has 4 aromatic rings. The van der Waals surface area contributed by atoms with Crippen molar-refractivity contribution in [3.05, 3.63) is 143 Å². The highest BCUT2D eigenvalue weighted by atomic mass is 28.3. The first-order valence-electron chi connectivity index (χ1n) is 16.0. The van der Waals surface area contributed by atoms with Crippen LogP contribution in [0.3, 0.4) is 0 Å². The fraction of sp³-hybridized carbons (Fsp3) is 0.316. The number of nitrogens with zero attached hydrogens (tertiary/aromatic N) is 1. The van der Waals surface area contributed by atoms with Crippen LogP contribution in [0.5, 0.6) is 0 Å². The standard InChI is InChI=1S/C38H41NO7Si/c1-47(2,3)24-23-44-37-32(39-35(42)29-21-13-14-22-30(29)36(39)43)34(41)33(40)31(46-37)25-45-38(26-15-7-4-8-16-26,27-17-9-5-10-18-27)28-19-11-6-12-20-28/h4-22,31-34,37,40-41H,23-25H2,1-3H3/t31-,32-,33-,34-,37-/m1/s1. The predicted octanol–water partition coefficient (Wildman–Crippen LogP) is 5.46. The van der Waals surface area contributed by atoms with Crippen LogP contribution in [-0.2, 0) is 19.8 Å². The topological polar surface area (TPSA) is 106 Å². The van der Waals surface area contributed by atoms with Crippen LogP contribution < -0.4 is 0 Å². The van der Waals surface area contributed by atoms with Crippen molar-refractivity contribution in [3.63, 3.8) is 0 Å². The highest BCUT2D eigenvalue weighted by molar-refractivity contribution is 6.76. The molecule has 1 saturated heterocycles. The van der Waals surface area contributed by atoms with Gasteiger partial charge in [0.15, 0.2) is 6.29 Å². The van der Waals surface area contributed by atoms with Crippen LogP contribution in [0.4, 0.5) is 0 Å². The van der Waals surface area contributed by atoms with Gasteiger partial charge in [-0.2, -0.15) is 0 Å². The number of ether oxygens (including phenoxy) is 3. The summed E-state index contributed by atoms with van der Waals surface area (Å²) < 4.78 is 19.6. The van der Waals surface area contributed by atoms with Crippen LogP contribution in [0.1, 0.15) is 37.4 Å². The molecule has 2 N–H and O–H groups in total. The molecule has 0 spiro atoms. The maximum Gasteiger partial charge on any atom is 0.262 e. The van der Waals surface area contributed by atoms with Crippen molar-refractivity contribution in [1.82, 2.24) is 4.90 Å². The zero-order chi connectivity index (χ0) is 33.2. The quantitative estimate of drug-likeness (QED) is 0.126. The minimum atomic E-state index is -1.56. The summed E-state index contributed by atoms with van der Waals surface area (Å²) in [6, 6.07) is 35.5. The third-order valence-corrected chi connectivity index (χ3v) is 10.6. The number of aliphatic hydroxyl groups is 2. The van der Waals surface area contributed by atoms with Crippen LogP contribution in [0.25, 0.3) is 0 Å². The molecule has 8 nitrogen and oxygen atoms in total. The second-order valence-corrected chi connectivity index (χ2v) is 18.9. The Morgan fingerprint density at radius 1 is 0.702 bits per heavy atom. The lowest BCUT2D eigenvalue weighted by Crippen LogP contribution is -2.66. The van der Waals surface area contributed by atoms with Crippen LogP contribution in [0, 0.1) is 0 Å². The van der Waals surface area contributed by atoms with Crippen LogP contribution in [-0.4, -0.2) is 78.9 Å². The van der Waals surface area contributed by atoms with Gasteiger partial charge in [-0.15, -0.1) is 0 Å². The second kappa shape index (κ2) is 13.6. The first-order valence-corrected chi connectivity index (χ1v) is 19.7. The number of rotatable bonds is 11. The number of imide groups is 1. The fourth-order valence-corrected chi connectivity index (χ4v) is 7.13. The van der Waals surface area contributed by atoms with Gasteiger partial charge in [0.25, 0.3) is 11.8 Å². The van der Waals surface area contributed by atoms with E-state index in [-0.39, 0.29) is 17.7 Å². The van der Waals surface area contributed by atoms with Crippen molar-refractivity contribution in [2.24, 2.45) is 0 Å². The van der Waals surface area contributed by atoms with Gasteiger partial charge in [0.1, 0.15) is 30.0 Å². The lowest BCUT2D eigenvalue weighted by molar-refractivity contribution is -0.283. The summed E-state index contributed by atoms with van der Waals surface area (Å²) in [5, 5.41) is 23.3. The van der Waals surface area contributed by atoms with Gasteiger partial charge in [0.05, 0.1) is 17.7 Å². The summed E-state index contributed by atoms with van der Waals surface area (Å²) in [5.74, 6) is -1.12. The molecule has 0 saturated carbocycles. The van der Waals surface area contributed by atoms with E-state index in [9.17, 15) is 19.8 Å². The molecular formula is C38H41NO7Si. The lowest BCUT2D eigenvalue weighted by Gasteiger charge is -2.46. The smallest absolute Gasteiger partial charge is 0.262 e. The molecule has 2 heterocycles. The van der Waals surface area contributed by atoms with Gasteiger partial charge in [0, 0.05) is 14.7 Å². The monoisotopic (exact) mass is 651 g/mol. The average Bonchev–Trinajstić information content (AvgIpc) is 3.33. The Kier molecular flexibility index (Phi) is 9.57. The summed E-state index contributed by atoms with van der Waals surface area (Å²) >= 11 is 0. The van der Waals surface area contributed by atoms with E-state index in [1.807, 2.05) is 91.0 Å². The molecule has 2 amide bonds. The molecule has 1 fully saturated rings. The molecule has 9 heteroatoms. The Morgan fingerprint density at radius 3 is 1.60 bits per heavy atom. The zero-order valence-corrected chi connectivity index (χ0v) is 27.9. The zero-order valence-electron chi connectivity index (χ0n) is 26.9. The Balaban J connectivity index is 1.35. The van der Waals surface area contributed by atoms with E-state index in [2.05, 4.69) is 19.6 Å². The maximum absolute atomic E-state index is 13.5. The van der Waals surface area contributed by atoms with Crippen molar-refractivity contribution < 1.29 is 34.0 Å². The number of hydrogen-bond acceptors (Lipinski definition) is 7. The number of amides is 2. The number of hydrogen-bond donors (Lipinski definition) is 2. The highest BCUT2D eigenvalue weighted by Crippen LogP contribution is 2.41. The third-order valence-electron chi connectivity index (χ3n) is 8.93. The summed E-state index contributed by atoms with van der Waals surface area (Å²) in [6.45, 7) is 6.81. The van der Waals surface area contributed by atoms with Gasteiger partial charge in [0.2, 0.25) is 0 Å². The Hall–Kier alpha value is -3.96. The number of carbonyl (C=O) groups excluding carboxylic acids is 2. The van der Waals surface area contributed by atoms with Gasteiger partial charge >= 0.3 is 0 Å². The van der Waals surface area contributed by atoms with Crippen LogP contribution in [0.2, 0.25) is 25.7 Å². The summed E-state index contributed by atoms with van der Waals surface area (Å²) in [7, 11) is -1.54. The number of benzene rings is 4. The molecule has 4 aromatic carbocycles. The van der Waals surface area contributed by atoms with Crippen molar-refractivity contribution in [2.45, 2.75) is 61.9 Å². The molecule has 2 aliphatic rings. The molecule has 0 bridgehead atoms. The van der Waals surface area contributed by atoms with Gasteiger partial charge < -0.3 is 24.4 Å². The molecule has 6 rings (SSSR count). The maximum atomic E-state index is 13.5. The molecule has 0 radical (unpaired) electrons. The SMILES string of the molecule is C[Si](C)(C)CCO[C@@H]1O[C@H](COC(c2ccccc2)(c2ccccc2)c2ccccc2)[C@@H](O)[C@H](O)[C@H]1N1C(=O)c2ccccc2C1=O. The van der Waals surface area contributed by atoms with E-state index in [4.69, 9.17) is 14.2 Å². The van der Waals surface area contributed by atoms with E-state index in [0.717, 1.165) is 27.6 Å². The van der Waals surface area contributed by atoms with Crippen molar-refractivity contribution in [2.75, 3.05) is 13.2 Å². The van der Waals surface area contributed by atoms with E-state index in [1.165, 1.54) is 0 Å². The lowest BCUT2D eigenvalue weighted by atomic mass is 9.80. The average molecular weight is 652 g/mol. The number of aliphatic hydroxyl groups excluding tert-OH is 2. The molecule has 0 aliphatic carbocycles. The summed E-state index contributed by atoms with van der Waals surface area (Å²) in [5.41, 5.74) is 2.00. The van der Waals surface area contributed by atoms with Gasteiger partial charge in [-0.25, -0.2) is 0 Å². The van der Waals surface area contributed by atoms with Gasteiger partial charge in [-0.05, 0) is 34.9 Å². The van der Waals surface area contributed by atoms with E-state index >= 15 is 0 Å². The van der Waals surface area contributed by atoms with Crippen LogP contribution >= 0.6 is 0 Å². The van der Waals surface area contributed by atoms with E-state index in [0.29, 0.717) is 6.61 Å². The largest absolute Gasteiger partial charge is 0.388 e. The van der Waals surface area contributed by atoms with Crippen molar-refractivity contribution >= 4 is 19.9 Å². The van der Waals surface area contributed by atoms with Crippen molar-refractivity contribution in [1.29, 1.82) is 0 Å². The highest BCUT2D eigenvalue weighted by Gasteiger charge is 2.54. The molecule has 5 atom stereocenters. The Morgan fingerprint density at radius 2 is 1.15 bits per heavy atom. The minimum absolute atomic E-state index is 0.139. The van der Waals surface area contributed by atoms with E-state index in [1.54, 1.807) is 24.3 Å². The van der Waals surface area contributed by atoms with Gasteiger partial charge in [-0.3, -0.25) is 14.5 Å². The first-order chi connectivity index (χ1) is 22.6. The van der Waals surface area contributed by atoms with Crippen LogP contribution in [0.15, 0.2) is 115 Å². The predicted molar refractivity (Wildman–Crippen MR) is 181 cm³/mol. The third kappa shape index (κ3) is 6.47. The molecule has 47 heavy (non-hydrogen) atoms. The Labute approximate surface area is 276 Å². The number of carbonyl (C=O) groups is 2. The van der Waals surface area contributed by atoms with E-state index < -0.39 is 56.1 Å². The minimum Gasteiger partial charge on any atom is -0.388 e. The first kappa shape index (κ1) is 33.0. The molecule has 2 aliphatic heterocycles.